The molecule has 0 aromatic heterocycles. The summed E-state index contributed by atoms with van der Waals surface area (Å²) in [7, 11) is 0. The fourth-order valence-electron chi connectivity index (χ4n) is 1.90. The topological polar surface area (TPSA) is 12.5 Å². The number of ether oxygens (including phenoxy) is 1. The second-order valence-electron chi connectivity index (χ2n) is 3.59. The highest BCUT2D eigenvalue weighted by molar-refractivity contribution is 4.89. The lowest BCUT2D eigenvalue weighted by Crippen LogP contribution is -2.25. The lowest BCUT2D eigenvalue weighted by atomic mass is 10.3. The van der Waals surface area contributed by atoms with E-state index in [-0.39, 0.29) is 0 Å². The molecule has 0 spiro atoms. The minimum Gasteiger partial charge on any atom is -0.377 e. The first-order valence-electron chi connectivity index (χ1n) is 4.76. The van der Waals surface area contributed by atoms with Crippen LogP contribution in [-0.2, 0) is 4.74 Å². The molecule has 0 aromatic carbocycles. The van der Waals surface area contributed by atoms with Gasteiger partial charge in [-0.05, 0) is 26.2 Å². The summed E-state index contributed by atoms with van der Waals surface area (Å²) < 4.78 is 5.57. The lowest BCUT2D eigenvalue weighted by Gasteiger charge is -2.14. The van der Waals surface area contributed by atoms with Gasteiger partial charge in [0.05, 0.1) is 6.10 Å². The van der Waals surface area contributed by atoms with E-state index in [0.29, 0.717) is 6.10 Å². The van der Waals surface area contributed by atoms with Crippen LogP contribution in [0.15, 0.2) is 0 Å². The highest BCUT2D eigenvalue weighted by atomic mass is 16.5. The van der Waals surface area contributed by atoms with E-state index in [2.05, 4.69) is 11.8 Å². The molecule has 11 heavy (non-hydrogen) atoms. The number of likely N-dealkylation sites (tertiary alicyclic amines) is 1. The number of nitrogens with zero attached hydrogens (tertiary/aromatic N) is 1. The van der Waals surface area contributed by atoms with Crippen molar-refractivity contribution in [3.63, 3.8) is 0 Å². The van der Waals surface area contributed by atoms with Crippen molar-refractivity contribution in [2.45, 2.75) is 38.3 Å². The molecule has 0 N–H and O–H groups in total. The van der Waals surface area contributed by atoms with Gasteiger partial charge < -0.3 is 4.74 Å². The predicted molar refractivity (Wildman–Crippen MR) is 44.6 cm³/mol. The second kappa shape index (κ2) is 3.11. The summed E-state index contributed by atoms with van der Waals surface area (Å²) in [4.78, 5) is 2.58. The molecular weight excluding hydrogens is 138 g/mol. The molecule has 1 saturated heterocycles. The van der Waals surface area contributed by atoms with E-state index >= 15 is 0 Å². The summed E-state index contributed by atoms with van der Waals surface area (Å²) >= 11 is 0. The average molecular weight is 155 g/mol. The van der Waals surface area contributed by atoms with Gasteiger partial charge in [-0.15, -0.1) is 0 Å². The van der Waals surface area contributed by atoms with Crippen LogP contribution in [0.4, 0.5) is 0 Å². The predicted octanol–water partition coefficient (Wildman–Crippen LogP) is 1.26. The number of hydrogen-bond donors (Lipinski definition) is 0. The molecule has 2 nitrogen and oxygen atoms in total. The minimum atomic E-state index is 0.542. The van der Waals surface area contributed by atoms with Crippen LogP contribution in [0.1, 0.15) is 26.2 Å². The first-order valence-corrected chi connectivity index (χ1v) is 4.76. The molecule has 2 heteroatoms. The molecular formula is C9H17NO. The third-order valence-corrected chi connectivity index (χ3v) is 2.64. The SMILES string of the molecule is CCO[C@H]1CCN(C2CC2)C1. The van der Waals surface area contributed by atoms with Gasteiger partial charge in [-0.3, -0.25) is 4.90 Å². The molecule has 2 aliphatic rings. The third kappa shape index (κ3) is 1.74. The first kappa shape index (κ1) is 7.56. The maximum Gasteiger partial charge on any atom is 0.0714 e. The van der Waals surface area contributed by atoms with Crippen LogP contribution in [0.2, 0.25) is 0 Å². The first-order chi connectivity index (χ1) is 5.40. The van der Waals surface area contributed by atoms with E-state index in [1.807, 2.05) is 0 Å². The van der Waals surface area contributed by atoms with E-state index in [1.165, 1.54) is 32.4 Å². The van der Waals surface area contributed by atoms with Gasteiger partial charge in [0.25, 0.3) is 0 Å². The summed E-state index contributed by atoms with van der Waals surface area (Å²) in [6, 6.07) is 0.931. The van der Waals surface area contributed by atoms with Crippen molar-refractivity contribution in [2.24, 2.45) is 0 Å². The van der Waals surface area contributed by atoms with Gasteiger partial charge in [0, 0.05) is 25.7 Å². The van der Waals surface area contributed by atoms with Crippen molar-refractivity contribution in [1.29, 1.82) is 0 Å². The van der Waals surface area contributed by atoms with Gasteiger partial charge >= 0.3 is 0 Å². The van der Waals surface area contributed by atoms with Gasteiger partial charge in [0.15, 0.2) is 0 Å². The Morgan fingerprint density at radius 3 is 2.82 bits per heavy atom. The Morgan fingerprint density at radius 2 is 2.18 bits per heavy atom. The van der Waals surface area contributed by atoms with Crippen molar-refractivity contribution < 1.29 is 4.74 Å². The summed E-state index contributed by atoms with van der Waals surface area (Å²) in [5.74, 6) is 0. The fraction of sp³-hybridized carbons (Fsp3) is 1.00. The maximum absolute atomic E-state index is 5.57. The Bertz CT molecular complexity index is 134. The van der Waals surface area contributed by atoms with Crippen LogP contribution in [-0.4, -0.2) is 36.7 Å². The molecule has 64 valence electrons. The molecule has 0 aromatic rings. The van der Waals surface area contributed by atoms with Gasteiger partial charge in [0.1, 0.15) is 0 Å². The van der Waals surface area contributed by atoms with E-state index in [1.54, 1.807) is 0 Å². The van der Waals surface area contributed by atoms with Crippen molar-refractivity contribution in [2.75, 3.05) is 19.7 Å². The summed E-state index contributed by atoms with van der Waals surface area (Å²) in [6.07, 6.45) is 4.66. The van der Waals surface area contributed by atoms with E-state index in [4.69, 9.17) is 4.74 Å². The lowest BCUT2D eigenvalue weighted by molar-refractivity contribution is 0.0682. The largest absolute Gasteiger partial charge is 0.377 e. The minimum absolute atomic E-state index is 0.542. The highest BCUT2D eigenvalue weighted by Crippen LogP contribution is 2.30. The van der Waals surface area contributed by atoms with E-state index in [9.17, 15) is 0 Å². The molecule has 1 atom stereocenters. The summed E-state index contributed by atoms with van der Waals surface area (Å²) in [6.45, 7) is 5.43. The van der Waals surface area contributed by atoms with Crippen molar-refractivity contribution >= 4 is 0 Å². The highest BCUT2D eigenvalue weighted by Gasteiger charge is 2.34. The van der Waals surface area contributed by atoms with Gasteiger partial charge in [-0.1, -0.05) is 0 Å². The van der Waals surface area contributed by atoms with Gasteiger partial charge in [-0.25, -0.2) is 0 Å². The van der Waals surface area contributed by atoms with Crippen LogP contribution >= 0.6 is 0 Å². The Balaban J connectivity index is 1.74. The second-order valence-corrected chi connectivity index (χ2v) is 3.59. The third-order valence-electron chi connectivity index (χ3n) is 2.64. The van der Waals surface area contributed by atoms with Crippen molar-refractivity contribution in [1.82, 2.24) is 4.90 Å². The maximum atomic E-state index is 5.57. The van der Waals surface area contributed by atoms with Crippen LogP contribution in [0.3, 0.4) is 0 Å². The van der Waals surface area contributed by atoms with Crippen molar-refractivity contribution in [3.05, 3.63) is 0 Å². The monoisotopic (exact) mass is 155 g/mol. The number of rotatable bonds is 3. The zero-order valence-electron chi connectivity index (χ0n) is 7.25. The quantitative estimate of drug-likeness (QED) is 0.608. The summed E-state index contributed by atoms with van der Waals surface area (Å²) in [5.41, 5.74) is 0. The molecule has 2 fully saturated rings. The van der Waals surface area contributed by atoms with Gasteiger partial charge in [0.2, 0.25) is 0 Å². The Kier molecular flexibility index (Phi) is 2.14. The average Bonchev–Trinajstić information content (AvgIpc) is 2.75. The Labute approximate surface area is 68.5 Å². The fourth-order valence-corrected chi connectivity index (χ4v) is 1.90. The molecule has 1 aliphatic heterocycles. The molecule has 2 rings (SSSR count). The van der Waals surface area contributed by atoms with E-state index < -0.39 is 0 Å². The molecule has 0 bridgehead atoms. The molecule has 1 aliphatic carbocycles. The smallest absolute Gasteiger partial charge is 0.0714 e. The Hall–Kier alpha value is -0.0800. The zero-order valence-corrected chi connectivity index (χ0v) is 7.25. The standard InChI is InChI=1S/C9H17NO/c1-2-11-9-5-6-10(7-9)8-3-4-8/h8-9H,2-7H2,1H3/t9-/m0/s1. The molecule has 1 saturated carbocycles. The molecule has 0 unspecified atom stereocenters. The zero-order chi connectivity index (χ0) is 7.68. The molecule has 0 amide bonds. The van der Waals surface area contributed by atoms with Crippen LogP contribution in [0.5, 0.6) is 0 Å². The molecule has 0 radical (unpaired) electrons. The van der Waals surface area contributed by atoms with Crippen LogP contribution in [0.25, 0.3) is 0 Å². The van der Waals surface area contributed by atoms with Gasteiger partial charge in [-0.2, -0.15) is 0 Å². The normalized spacial score (nSPS) is 33.0. The number of hydrogen-bond acceptors (Lipinski definition) is 2. The Morgan fingerprint density at radius 1 is 1.36 bits per heavy atom. The van der Waals surface area contributed by atoms with Crippen LogP contribution in [0, 0.1) is 0 Å². The molecule has 1 heterocycles. The summed E-state index contributed by atoms with van der Waals surface area (Å²) in [5, 5.41) is 0. The van der Waals surface area contributed by atoms with E-state index in [0.717, 1.165) is 12.6 Å². The van der Waals surface area contributed by atoms with Crippen molar-refractivity contribution in [3.8, 4) is 0 Å². The van der Waals surface area contributed by atoms with Crippen LogP contribution < -0.4 is 0 Å².